The molecule has 164 valence electrons. The summed E-state index contributed by atoms with van der Waals surface area (Å²) in [7, 11) is 0. The van der Waals surface area contributed by atoms with Gasteiger partial charge in [0, 0.05) is 36.3 Å². The van der Waals surface area contributed by atoms with Crippen molar-refractivity contribution in [2.24, 2.45) is 0 Å². The van der Waals surface area contributed by atoms with Gasteiger partial charge in [-0.25, -0.2) is 0 Å². The lowest BCUT2D eigenvalue weighted by Gasteiger charge is -2.19. The molecule has 8 nitrogen and oxygen atoms in total. The molecule has 32 heavy (non-hydrogen) atoms. The summed E-state index contributed by atoms with van der Waals surface area (Å²) in [5.74, 6) is 0.715. The van der Waals surface area contributed by atoms with Crippen LogP contribution in [0.25, 0.3) is 10.9 Å². The number of rotatable bonds is 4. The largest absolute Gasteiger partial charge is 0.486 e. The molecule has 2 aliphatic heterocycles. The van der Waals surface area contributed by atoms with Crippen LogP contribution in [-0.2, 0) is 11.3 Å². The second-order valence-corrected chi connectivity index (χ2v) is 7.91. The van der Waals surface area contributed by atoms with Crippen LogP contribution in [0.5, 0.6) is 11.5 Å². The molecule has 1 N–H and O–H groups in total. The molecule has 2 aromatic carbocycles. The van der Waals surface area contributed by atoms with Gasteiger partial charge >= 0.3 is 0 Å². The fraction of sp³-hybridized carbons (Fsp3) is 0.292. The first kappa shape index (κ1) is 20.1. The Labute approximate surface area is 184 Å². The molecule has 0 radical (unpaired) electrons. The number of pyridine rings is 1. The monoisotopic (exact) mass is 433 g/mol. The van der Waals surface area contributed by atoms with Crippen molar-refractivity contribution in [1.82, 2.24) is 9.47 Å². The topological polar surface area (TPSA) is 89.9 Å². The van der Waals surface area contributed by atoms with Crippen LogP contribution in [0.1, 0.15) is 23.2 Å². The Hall–Kier alpha value is -3.81. The molecule has 5 rings (SSSR count). The number of likely N-dealkylation sites (tertiary alicyclic amines) is 1. The van der Waals surface area contributed by atoms with Gasteiger partial charge in [0.25, 0.3) is 11.5 Å². The van der Waals surface area contributed by atoms with Crippen molar-refractivity contribution in [3.8, 4) is 11.5 Å². The van der Waals surface area contributed by atoms with Crippen LogP contribution in [0.4, 0.5) is 5.69 Å². The SMILES string of the molecule is O=C(Cn1c(=O)cc(C(=O)N2CCCC2)c2ccccc21)Nc1ccc2c(c1)OCCO2. The molecule has 2 amide bonds. The summed E-state index contributed by atoms with van der Waals surface area (Å²) >= 11 is 0. The fourth-order valence-corrected chi connectivity index (χ4v) is 4.23. The zero-order chi connectivity index (χ0) is 22.1. The van der Waals surface area contributed by atoms with E-state index in [-0.39, 0.29) is 23.9 Å². The molecule has 0 aliphatic carbocycles. The van der Waals surface area contributed by atoms with Crippen molar-refractivity contribution < 1.29 is 19.1 Å². The second kappa shape index (κ2) is 8.37. The van der Waals surface area contributed by atoms with Crippen LogP contribution >= 0.6 is 0 Å². The lowest BCUT2D eigenvalue weighted by Crippen LogP contribution is -2.32. The zero-order valence-electron chi connectivity index (χ0n) is 17.5. The van der Waals surface area contributed by atoms with Crippen molar-refractivity contribution in [2.75, 3.05) is 31.6 Å². The summed E-state index contributed by atoms with van der Waals surface area (Å²) in [4.78, 5) is 40.4. The van der Waals surface area contributed by atoms with Gasteiger partial charge in [0.1, 0.15) is 19.8 Å². The number of benzene rings is 2. The van der Waals surface area contributed by atoms with Crippen molar-refractivity contribution >= 4 is 28.4 Å². The number of nitrogens with one attached hydrogen (secondary N) is 1. The standard InChI is InChI=1S/C24H23N3O5/c28-22(25-16-7-8-20-21(13-16)32-12-11-31-20)15-27-19-6-2-1-5-17(19)18(14-23(27)29)24(30)26-9-3-4-10-26/h1-2,5-8,13-14H,3-4,9-12,15H2,(H,25,28). The summed E-state index contributed by atoms with van der Waals surface area (Å²) in [6.07, 6.45) is 1.95. The van der Waals surface area contributed by atoms with Gasteiger partial charge < -0.3 is 19.7 Å². The second-order valence-electron chi connectivity index (χ2n) is 7.91. The van der Waals surface area contributed by atoms with E-state index in [2.05, 4.69) is 5.32 Å². The minimum Gasteiger partial charge on any atom is -0.486 e. The van der Waals surface area contributed by atoms with E-state index in [9.17, 15) is 14.4 Å². The number of aromatic nitrogens is 1. The number of nitrogens with zero attached hydrogens (tertiary/aromatic N) is 2. The Morgan fingerprint density at radius 3 is 2.50 bits per heavy atom. The molecule has 1 fully saturated rings. The Morgan fingerprint density at radius 2 is 1.69 bits per heavy atom. The summed E-state index contributed by atoms with van der Waals surface area (Å²) in [6.45, 7) is 2.17. The highest BCUT2D eigenvalue weighted by molar-refractivity contribution is 6.06. The third kappa shape index (κ3) is 3.79. The Balaban J connectivity index is 1.42. The molecular formula is C24H23N3O5. The van der Waals surface area contributed by atoms with Crippen LogP contribution in [0.3, 0.4) is 0 Å². The van der Waals surface area contributed by atoms with Crippen LogP contribution in [0, 0.1) is 0 Å². The van der Waals surface area contributed by atoms with Crippen LogP contribution < -0.4 is 20.3 Å². The fourth-order valence-electron chi connectivity index (χ4n) is 4.23. The summed E-state index contributed by atoms with van der Waals surface area (Å²) in [5, 5.41) is 3.47. The number of carbonyl (C=O) groups is 2. The molecule has 2 aliphatic rings. The highest BCUT2D eigenvalue weighted by atomic mass is 16.6. The summed E-state index contributed by atoms with van der Waals surface area (Å²) in [6, 6.07) is 13.7. The van der Waals surface area contributed by atoms with Crippen LogP contribution in [0.2, 0.25) is 0 Å². The quantitative estimate of drug-likeness (QED) is 0.683. The van der Waals surface area contributed by atoms with E-state index in [4.69, 9.17) is 9.47 Å². The van der Waals surface area contributed by atoms with E-state index < -0.39 is 0 Å². The smallest absolute Gasteiger partial charge is 0.254 e. The first-order chi connectivity index (χ1) is 15.6. The molecule has 0 bridgehead atoms. The number of hydrogen-bond donors (Lipinski definition) is 1. The van der Waals surface area contributed by atoms with E-state index in [1.165, 1.54) is 10.6 Å². The molecule has 0 unspecified atom stereocenters. The number of amides is 2. The highest BCUT2D eigenvalue weighted by Gasteiger charge is 2.23. The van der Waals surface area contributed by atoms with Crippen LogP contribution in [-0.4, -0.2) is 47.6 Å². The molecule has 0 atom stereocenters. The van der Waals surface area contributed by atoms with E-state index >= 15 is 0 Å². The number of para-hydroxylation sites is 1. The van der Waals surface area contributed by atoms with Gasteiger partial charge in [-0.15, -0.1) is 0 Å². The number of carbonyl (C=O) groups excluding carboxylic acids is 2. The third-order valence-corrected chi connectivity index (χ3v) is 5.77. The minimum absolute atomic E-state index is 0.135. The van der Waals surface area contributed by atoms with Crippen LogP contribution in [0.15, 0.2) is 53.3 Å². The van der Waals surface area contributed by atoms with Gasteiger partial charge in [-0.1, -0.05) is 18.2 Å². The lowest BCUT2D eigenvalue weighted by atomic mass is 10.1. The maximum Gasteiger partial charge on any atom is 0.254 e. The van der Waals surface area contributed by atoms with Gasteiger partial charge in [0.05, 0.1) is 11.1 Å². The van der Waals surface area contributed by atoms with Crippen molar-refractivity contribution in [1.29, 1.82) is 0 Å². The first-order valence-corrected chi connectivity index (χ1v) is 10.7. The van der Waals surface area contributed by atoms with Gasteiger partial charge in [0.2, 0.25) is 5.91 Å². The number of fused-ring (bicyclic) bond motifs is 2. The molecule has 0 spiro atoms. The number of hydrogen-bond acceptors (Lipinski definition) is 5. The maximum absolute atomic E-state index is 13.0. The Kier molecular flexibility index (Phi) is 5.26. The molecule has 0 saturated carbocycles. The van der Waals surface area contributed by atoms with Gasteiger partial charge in [0.15, 0.2) is 11.5 Å². The third-order valence-electron chi connectivity index (χ3n) is 5.77. The molecule has 3 heterocycles. The van der Waals surface area contributed by atoms with E-state index in [1.807, 2.05) is 12.1 Å². The van der Waals surface area contributed by atoms with Crippen molar-refractivity contribution in [3.05, 3.63) is 64.4 Å². The predicted octanol–water partition coefficient (Wildman–Crippen LogP) is 2.65. The summed E-state index contributed by atoms with van der Waals surface area (Å²) < 4.78 is 12.4. The average molecular weight is 433 g/mol. The zero-order valence-corrected chi connectivity index (χ0v) is 17.5. The van der Waals surface area contributed by atoms with E-state index in [1.54, 1.807) is 35.2 Å². The Morgan fingerprint density at radius 1 is 0.938 bits per heavy atom. The Bertz CT molecular complexity index is 1260. The van der Waals surface area contributed by atoms with Gasteiger partial charge in [-0.05, 0) is 31.0 Å². The number of ether oxygens (including phenoxy) is 2. The molecule has 1 aromatic heterocycles. The summed E-state index contributed by atoms with van der Waals surface area (Å²) in [5.41, 5.74) is 1.11. The van der Waals surface area contributed by atoms with Crippen molar-refractivity contribution in [3.63, 3.8) is 0 Å². The predicted molar refractivity (Wildman–Crippen MR) is 119 cm³/mol. The normalized spacial score (nSPS) is 15.1. The molecule has 1 saturated heterocycles. The highest BCUT2D eigenvalue weighted by Crippen LogP contribution is 2.32. The van der Waals surface area contributed by atoms with E-state index in [0.717, 1.165) is 12.8 Å². The van der Waals surface area contributed by atoms with Gasteiger partial charge in [-0.2, -0.15) is 0 Å². The van der Waals surface area contributed by atoms with E-state index in [0.29, 0.717) is 60.0 Å². The number of anilines is 1. The molecular weight excluding hydrogens is 410 g/mol. The minimum atomic E-state index is -0.386. The maximum atomic E-state index is 13.0. The van der Waals surface area contributed by atoms with Gasteiger partial charge in [-0.3, -0.25) is 19.0 Å². The van der Waals surface area contributed by atoms with Crippen molar-refractivity contribution in [2.45, 2.75) is 19.4 Å². The average Bonchev–Trinajstić information content (AvgIpc) is 3.35. The molecule has 8 heteroatoms. The lowest BCUT2D eigenvalue weighted by molar-refractivity contribution is -0.116. The first-order valence-electron chi connectivity index (χ1n) is 10.7. The molecule has 3 aromatic rings.